The highest BCUT2D eigenvalue weighted by Crippen LogP contribution is 2.24. The van der Waals surface area contributed by atoms with E-state index in [0.717, 1.165) is 22.5 Å². The van der Waals surface area contributed by atoms with Crippen LogP contribution in [0.25, 0.3) is 16.9 Å². The maximum absolute atomic E-state index is 13.1. The number of imidazole rings is 1. The molecule has 0 saturated heterocycles. The van der Waals surface area contributed by atoms with Crippen molar-refractivity contribution >= 4 is 17.8 Å². The molecule has 1 heterocycles. The van der Waals surface area contributed by atoms with Gasteiger partial charge in [0.1, 0.15) is 12.3 Å². The van der Waals surface area contributed by atoms with Gasteiger partial charge in [-0.1, -0.05) is 60.7 Å². The number of rotatable bonds is 9. The number of ether oxygens (including phenoxy) is 1. The topological polar surface area (TPSA) is 76.5 Å². The third-order valence-corrected chi connectivity index (χ3v) is 5.81. The highest BCUT2D eigenvalue weighted by atomic mass is 16.5. The molecule has 184 valence electrons. The van der Waals surface area contributed by atoms with Gasteiger partial charge in [0, 0.05) is 23.5 Å². The molecular formula is C29H30N4O3. The van der Waals surface area contributed by atoms with Gasteiger partial charge in [0.15, 0.2) is 0 Å². The van der Waals surface area contributed by atoms with Crippen molar-refractivity contribution in [3.8, 4) is 22.7 Å². The van der Waals surface area contributed by atoms with Crippen molar-refractivity contribution in [2.75, 3.05) is 19.0 Å². The Morgan fingerprint density at radius 3 is 2.33 bits per heavy atom. The van der Waals surface area contributed by atoms with Crippen LogP contribution in [0.5, 0.6) is 5.75 Å². The standard InChI is InChI=1S/C29H30N4O3/c1-21(2)32(28(35)18-22-11-10-16-25(17-22)36-3)20-27(34)31-29-30-26(23-12-6-4-7-13-23)19-33(29)24-14-8-5-9-15-24/h4-17,19,21H,18,20H2,1-3H3,(H,30,31,34). The lowest BCUT2D eigenvalue weighted by molar-refractivity contribution is -0.135. The van der Waals surface area contributed by atoms with Gasteiger partial charge in [-0.05, 0) is 43.7 Å². The molecule has 0 saturated carbocycles. The molecule has 0 aliphatic rings. The highest BCUT2D eigenvalue weighted by Gasteiger charge is 2.22. The second kappa shape index (κ2) is 11.4. The minimum absolute atomic E-state index is 0.0806. The van der Waals surface area contributed by atoms with Gasteiger partial charge in [-0.25, -0.2) is 4.98 Å². The maximum Gasteiger partial charge on any atom is 0.246 e. The zero-order valence-electron chi connectivity index (χ0n) is 20.7. The molecule has 3 aromatic carbocycles. The number of carbonyl (C=O) groups is 2. The Balaban J connectivity index is 1.54. The van der Waals surface area contributed by atoms with E-state index in [-0.39, 0.29) is 30.8 Å². The smallest absolute Gasteiger partial charge is 0.246 e. The van der Waals surface area contributed by atoms with E-state index in [1.165, 1.54) is 0 Å². The summed E-state index contributed by atoms with van der Waals surface area (Å²) < 4.78 is 7.10. The van der Waals surface area contributed by atoms with Crippen molar-refractivity contribution in [2.45, 2.75) is 26.3 Å². The molecule has 7 nitrogen and oxygen atoms in total. The fourth-order valence-electron chi connectivity index (χ4n) is 3.94. The molecule has 1 aromatic heterocycles. The molecule has 0 aliphatic carbocycles. The minimum Gasteiger partial charge on any atom is -0.497 e. The summed E-state index contributed by atoms with van der Waals surface area (Å²) in [5.74, 6) is 0.639. The van der Waals surface area contributed by atoms with Gasteiger partial charge in [-0.15, -0.1) is 0 Å². The van der Waals surface area contributed by atoms with Gasteiger partial charge in [0.2, 0.25) is 17.8 Å². The van der Waals surface area contributed by atoms with Crippen molar-refractivity contribution in [3.05, 3.63) is 96.7 Å². The molecule has 0 atom stereocenters. The van der Waals surface area contributed by atoms with E-state index in [0.29, 0.717) is 11.7 Å². The number of aromatic nitrogens is 2. The van der Waals surface area contributed by atoms with Crippen LogP contribution < -0.4 is 10.1 Å². The summed E-state index contributed by atoms with van der Waals surface area (Å²) in [6.07, 6.45) is 2.08. The molecule has 2 amide bonds. The Labute approximate surface area is 211 Å². The molecule has 36 heavy (non-hydrogen) atoms. The van der Waals surface area contributed by atoms with Crippen LogP contribution in [0.4, 0.5) is 5.95 Å². The first kappa shape index (κ1) is 24.7. The van der Waals surface area contributed by atoms with Crippen LogP contribution in [0.2, 0.25) is 0 Å². The number of carbonyl (C=O) groups excluding carboxylic acids is 2. The van der Waals surface area contributed by atoms with Crippen LogP contribution in [-0.4, -0.2) is 46.0 Å². The number of para-hydroxylation sites is 1. The van der Waals surface area contributed by atoms with Gasteiger partial charge in [0.25, 0.3) is 0 Å². The van der Waals surface area contributed by atoms with E-state index in [4.69, 9.17) is 9.72 Å². The first-order valence-electron chi connectivity index (χ1n) is 11.9. The fraction of sp³-hybridized carbons (Fsp3) is 0.207. The Hall–Kier alpha value is -4.39. The number of methoxy groups -OCH3 is 1. The number of hydrogen-bond acceptors (Lipinski definition) is 4. The van der Waals surface area contributed by atoms with Crippen molar-refractivity contribution in [1.82, 2.24) is 14.5 Å². The molecule has 4 rings (SSSR count). The van der Waals surface area contributed by atoms with Crippen LogP contribution in [0.15, 0.2) is 91.1 Å². The van der Waals surface area contributed by atoms with Crippen LogP contribution in [0.1, 0.15) is 19.4 Å². The van der Waals surface area contributed by atoms with Gasteiger partial charge in [-0.3, -0.25) is 19.5 Å². The highest BCUT2D eigenvalue weighted by molar-refractivity contribution is 5.94. The largest absolute Gasteiger partial charge is 0.497 e. The normalized spacial score (nSPS) is 10.8. The predicted molar refractivity (Wildman–Crippen MR) is 141 cm³/mol. The van der Waals surface area contributed by atoms with E-state index < -0.39 is 0 Å². The van der Waals surface area contributed by atoms with Gasteiger partial charge in [-0.2, -0.15) is 0 Å². The summed E-state index contributed by atoms with van der Waals surface area (Å²) in [4.78, 5) is 32.5. The lowest BCUT2D eigenvalue weighted by Gasteiger charge is -2.26. The SMILES string of the molecule is COc1cccc(CC(=O)N(CC(=O)Nc2nc(-c3ccccc3)cn2-c2ccccc2)C(C)C)c1. The van der Waals surface area contributed by atoms with Crippen molar-refractivity contribution in [3.63, 3.8) is 0 Å². The Morgan fingerprint density at radius 1 is 0.972 bits per heavy atom. The molecule has 0 fully saturated rings. The average molecular weight is 483 g/mol. The lowest BCUT2D eigenvalue weighted by Crippen LogP contribution is -2.43. The van der Waals surface area contributed by atoms with Gasteiger partial charge in [0.05, 0.1) is 19.2 Å². The summed E-state index contributed by atoms with van der Waals surface area (Å²) in [5, 5.41) is 2.92. The molecule has 1 N–H and O–H groups in total. The molecule has 0 radical (unpaired) electrons. The van der Waals surface area contributed by atoms with Gasteiger partial charge < -0.3 is 9.64 Å². The summed E-state index contributed by atoms with van der Waals surface area (Å²) >= 11 is 0. The zero-order valence-corrected chi connectivity index (χ0v) is 20.7. The molecule has 4 aromatic rings. The molecular weight excluding hydrogens is 452 g/mol. The number of amides is 2. The number of hydrogen-bond donors (Lipinski definition) is 1. The van der Waals surface area contributed by atoms with E-state index >= 15 is 0 Å². The summed E-state index contributed by atoms with van der Waals surface area (Å²) in [6, 6.07) is 26.7. The molecule has 0 unspecified atom stereocenters. The van der Waals surface area contributed by atoms with Crippen LogP contribution in [-0.2, 0) is 16.0 Å². The molecule has 0 aliphatic heterocycles. The third-order valence-electron chi connectivity index (χ3n) is 5.81. The number of nitrogens with one attached hydrogen (secondary N) is 1. The second-order valence-corrected chi connectivity index (χ2v) is 8.71. The Kier molecular flexibility index (Phi) is 7.80. The first-order chi connectivity index (χ1) is 17.4. The predicted octanol–water partition coefficient (Wildman–Crippen LogP) is 4.97. The van der Waals surface area contributed by atoms with Crippen LogP contribution in [0.3, 0.4) is 0 Å². The lowest BCUT2D eigenvalue weighted by atomic mass is 10.1. The summed E-state index contributed by atoms with van der Waals surface area (Å²) in [5.41, 5.74) is 3.39. The van der Waals surface area contributed by atoms with Gasteiger partial charge >= 0.3 is 0 Å². The van der Waals surface area contributed by atoms with Crippen LogP contribution >= 0.6 is 0 Å². The summed E-state index contributed by atoms with van der Waals surface area (Å²) in [7, 11) is 1.59. The maximum atomic E-state index is 13.1. The molecule has 0 spiro atoms. The summed E-state index contributed by atoms with van der Waals surface area (Å²) in [6.45, 7) is 3.72. The van der Waals surface area contributed by atoms with Crippen molar-refractivity contribution in [1.29, 1.82) is 0 Å². The second-order valence-electron chi connectivity index (χ2n) is 8.71. The number of benzene rings is 3. The Bertz CT molecular complexity index is 1320. The van der Waals surface area contributed by atoms with E-state index in [1.54, 1.807) is 12.0 Å². The van der Waals surface area contributed by atoms with E-state index in [9.17, 15) is 9.59 Å². The first-order valence-corrected chi connectivity index (χ1v) is 11.9. The fourth-order valence-corrected chi connectivity index (χ4v) is 3.94. The minimum atomic E-state index is -0.315. The van der Waals surface area contributed by atoms with Crippen molar-refractivity contribution < 1.29 is 14.3 Å². The zero-order chi connectivity index (χ0) is 25.5. The Morgan fingerprint density at radius 2 is 1.67 bits per heavy atom. The van der Waals surface area contributed by atoms with Crippen molar-refractivity contribution in [2.24, 2.45) is 0 Å². The monoisotopic (exact) mass is 482 g/mol. The van der Waals surface area contributed by atoms with E-state index in [1.807, 2.05) is 110 Å². The number of anilines is 1. The molecule has 7 heteroatoms. The molecule has 0 bridgehead atoms. The number of nitrogens with zero attached hydrogens (tertiary/aromatic N) is 3. The van der Waals surface area contributed by atoms with Crippen LogP contribution in [0, 0.1) is 0 Å². The van der Waals surface area contributed by atoms with E-state index in [2.05, 4.69) is 5.32 Å². The average Bonchev–Trinajstić information content (AvgIpc) is 3.31. The quantitative estimate of drug-likeness (QED) is 0.366. The third kappa shape index (κ3) is 5.99.